The van der Waals surface area contributed by atoms with Crippen molar-refractivity contribution in [3.63, 3.8) is 0 Å². The van der Waals surface area contributed by atoms with Gasteiger partial charge in [0.15, 0.2) is 0 Å². The maximum Gasteiger partial charge on any atom is 0.0755 e. The average molecular weight is 224 g/mol. The molecule has 1 N–H and O–H groups in total. The molecule has 1 aliphatic rings. The molecule has 2 heterocycles. The summed E-state index contributed by atoms with van der Waals surface area (Å²) < 4.78 is 6.98. The van der Waals surface area contributed by atoms with Gasteiger partial charge in [0.25, 0.3) is 0 Å². The van der Waals surface area contributed by atoms with E-state index in [0.29, 0.717) is 12.6 Å². The van der Waals surface area contributed by atoms with E-state index in [1.165, 1.54) is 5.69 Å². The van der Waals surface area contributed by atoms with Crippen LogP contribution >= 0.6 is 0 Å². The van der Waals surface area contributed by atoms with Gasteiger partial charge in [-0.05, 0) is 6.92 Å². The number of ether oxygens (including phenoxy) is 1. The molecule has 5 heteroatoms. The highest BCUT2D eigenvalue weighted by Gasteiger charge is 2.19. The number of hydrogen-bond acceptors (Lipinski definition) is 4. The third kappa shape index (κ3) is 2.54. The Morgan fingerprint density at radius 1 is 1.62 bits per heavy atom. The standard InChI is InChI=1S/C11H20N4O/c1-10-7-12-3-4-15(10)11-8-13-14(9-11)5-6-16-2/h8-10,12H,3-7H2,1-2H3. The van der Waals surface area contributed by atoms with Gasteiger partial charge in [0.2, 0.25) is 0 Å². The van der Waals surface area contributed by atoms with E-state index >= 15 is 0 Å². The molecule has 1 atom stereocenters. The Hall–Kier alpha value is -1.07. The van der Waals surface area contributed by atoms with Gasteiger partial charge in [0, 0.05) is 39.0 Å². The summed E-state index contributed by atoms with van der Waals surface area (Å²) in [5, 5.41) is 7.72. The number of rotatable bonds is 4. The lowest BCUT2D eigenvalue weighted by atomic mass is 10.2. The first-order chi connectivity index (χ1) is 7.81. The second-order valence-corrected chi connectivity index (χ2v) is 4.20. The van der Waals surface area contributed by atoms with Crippen LogP contribution in [0.5, 0.6) is 0 Å². The first-order valence-corrected chi connectivity index (χ1v) is 5.80. The van der Waals surface area contributed by atoms with Crippen molar-refractivity contribution in [2.75, 3.05) is 38.3 Å². The SMILES string of the molecule is COCCn1cc(N2CCNCC2C)cn1. The topological polar surface area (TPSA) is 42.3 Å². The lowest BCUT2D eigenvalue weighted by Crippen LogP contribution is -2.49. The minimum absolute atomic E-state index is 0.536. The highest BCUT2D eigenvalue weighted by atomic mass is 16.5. The van der Waals surface area contributed by atoms with Crippen LogP contribution in [0.3, 0.4) is 0 Å². The Balaban J connectivity index is 1.99. The maximum atomic E-state index is 5.04. The number of aromatic nitrogens is 2. The summed E-state index contributed by atoms with van der Waals surface area (Å²) in [5.41, 5.74) is 1.21. The van der Waals surface area contributed by atoms with E-state index in [2.05, 4.69) is 28.4 Å². The minimum atomic E-state index is 0.536. The van der Waals surface area contributed by atoms with Gasteiger partial charge in [0.05, 0.1) is 25.0 Å². The third-order valence-electron chi connectivity index (χ3n) is 2.98. The largest absolute Gasteiger partial charge is 0.383 e. The molecule has 1 unspecified atom stereocenters. The van der Waals surface area contributed by atoms with Crippen molar-refractivity contribution in [1.82, 2.24) is 15.1 Å². The molecule has 1 saturated heterocycles. The summed E-state index contributed by atoms with van der Waals surface area (Å²) in [6.45, 7) is 6.90. The molecular formula is C11H20N4O. The predicted octanol–water partition coefficient (Wildman–Crippen LogP) is 0.328. The van der Waals surface area contributed by atoms with Crippen molar-refractivity contribution in [1.29, 1.82) is 0 Å². The van der Waals surface area contributed by atoms with Crippen molar-refractivity contribution >= 4 is 5.69 Å². The molecule has 0 aromatic carbocycles. The van der Waals surface area contributed by atoms with Crippen LogP contribution in [0.15, 0.2) is 12.4 Å². The Morgan fingerprint density at radius 3 is 3.25 bits per heavy atom. The molecule has 1 fully saturated rings. The molecule has 0 amide bonds. The second-order valence-electron chi connectivity index (χ2n) is 4.20. The molecule has 0 radical (unpaired) electrons. The average Bonchev–Trinajstić information content (AvgIpc) is 2.75. The molecule has 1 aliphatic heterocycles. The summed E-state index contributed by atoms with van der Waals surface area (Å²) in [6.07, 6.45) is 4.04. The summed E-state index contributed by atoms with van der Waals surface area (Å²) in [4.78, 5) is 2.40. The fourth-order valence-corrected chi connectivity index (χ4v) is 2.03. The summed E-state index contributed by atoms with van der Waals surface area (Å²) in [6, 6.07) is 0.536. The Bertz CT molecular complexity index is 326. The monoisotopic (exact) mass is 224 g/mol. The van der Waals surface area contributed by atoms with E-state index in [9.17, 15) is 0 Å². The van der Waals surface area contributed by atoms with E-state index in [1.807, 2.05) is 10.9 Å². The van der Waals surface area contributed by atoms with Crippen molar-refractivity contribution in [3.05, 3.63) is 12.4 Å². The maximum absolute atomic E-state index is 5.04. The lowest BCUT2D eigenvalue weighted by Gasteiger charge is -2.34. The number of hydrogen-bond donors (Lipinski definition) is 1. The van der Waals surface area contributed by atoms with Gasteiger partial charge >= 0.3 is 0 Å². The zero-order chi connectivity index (χ0) is 11.4. The molecule has 2 rings (SSSR count). The smallest absolute Gasteiger partial charge is 0.0755 e. The molecule has 0 saturated carbocycles. The zero-order valence-corrected chi connectivity index (χ0v) is 10.0. The van der Waals surface area contributed by atoms with Crippen LogP contribution in [0.1, 0.15) is 6.92 Å². The molecule has 1 aromatic rings. The zero-order valence-electron chi connectivity index (χ0n) is 10.0. The van der Waals surface area contributed by atoms with Crippen LogP contribution in [0.25, 0.3) is 0 Å². The van der Waals surface area contributed by atoms with Crippen LogP contribution in [0, 0.1) is 0 Å². The number of nitrogens with one attached hydrogen (secondary N) is 1. The van der Waals surface area contributed by atoms with E-state index in [0.717, 1.165) is 26.2 Å². The first kappa shape index (κ1) is 11.4. The van der Waals surface area contributed by atoms with Crippen LogP contribution < -0.4 is 10.2 Å². The molecular weight excluding hydrogens is 204 g/mol. The molecule has 1 aromatic heterocycles. The minimum Gasteiger partial charge on any atom is -0.383 e. The quantitative estimate of drug-likeness (QED) is 0.800. The Labute approximate surface area is 96.4 Å². The van der Waals surface area contributed by atoms with Crippen LogP contribution in [0.4, 0.5) is 5.69 Å². The first-order valence-electron chi connectivity index (χ1n) is 5.80. The van der Waals surface area contributed by atoms with Gasteiger partial charge in [0.1, 0.15) is 0 Å². The highest BCUT2D eigenvalue weighted by molar-refractivity contribution is 5.44. The molecule has 0 aliphatic carbocycles. The predicted molar refractivity (Wildman–Crippen MR) is 63.8 cm³/mol. The Kier molecular flexibility index (Phi) is 3.79. The molecule has 0 spiro atoms. The number of methoxy groups -OCH3 is 1. The van der Waals surface area contributed by atoms with Gasteiger partial charge in [-0.1, -0.05) is 0 Å². The van der Waals surface area contributed by atoms with E-state index in [-0.39, 0.29) is 0 Å². The van der Waals surface area contributed by atoms with Crippen molar-refractivity contribution in [3.8, 4) is 0 Å². The molecule has 0 bridgehead atoms. The summed E-state index contributed by atoms with van der Waals surface area (Å²) in [7, 11) is 1.71. The molecule has 16 heavy (non-hydrogen) atoms. The van der Waals surface area contributed by atoms with Crippen molar-refractivity contribution in [2.45, 2.75) is 19.5 Å². The summed E-state index contributed by atoms with van der Waals surface area (Å²) in [5.74, 6) is 0. The van der Waals surface area contributed by atoms with E-state index in [1.54, 1.807) is 7.11 Å². The summed E-state index contributed by atoms with van der Waals surface area (Å²) >= 11 is 0. The van der Waals surface area contributed by atoms with Gasteiger partial charge in [-0.2, -0.15) is 5.10 Å². The van der Waals surface area contributed by atoms with Crippen LogP contribution in [-0.4, -0.2) is 49.2 Å². The van der Waals surface area contributed by atoms with E-state index < -0.39 is 0 Å². The number of piperazine rings is 1. The highest BCUT2D eigenvalue weighted by Crippen LogP contribution is 2.16. The van der Waals surface area contributed by atoms with Gasteiger partial charge in [-0.25, -0.2) is 0 Å². The van der Waals surface area contributed by atoms with Crippen LogP contribution in [0.2, 0.25) is 0 Å². The Morgan fingerprint density at radius 2 is 2.50 bits per heavy atom. The third-order valence-corrected chi connectivity index (χ3v) is 2.98. The molecule has 5 nitrogen and oxygen atoms in total. The fraction of sp³-hybridized carbons (Fsp3) is 0.727. The van der Waals surface area contributed by atoms with Crippen molar-refractivity contribution < 1.29 is 4.74 Å². The normalized spacial score (nSPS) is 21.4. The van der Waals surface area contributed by atoms with E-state index in [4.69, 9.17) is 4.74 Å². The van der Waals surface area contributed by atoms with Gasteiger partial charge in [-0.3, -0.25) is 4.68 Å². The van der Waals surface area contributed by atoms with Gasteiger partial charge < -0.3 is 15.0 Å². The van der Waals surface area contributed by atoms with Crippen LogP contribution in [-0.2, 0) is 11.3 Å². The fourth-order valence-electron chi connectivity index (χ4n) is 2.03. The van der Waals surface area contributed by atoms with Crippen molar-refractivity contribution in [2.24, 2.45) is 0 Å². The molecule has 90 valence electrons. The van der Waals surface area contributed by atoms with Gasteiger partial charge in [-0.15, -0.1) is 0 Å². The number of anilines is 1. The second kappa shape index (κ2) is 5.32. The number of nitrogens with zero attached hydrogens (tertiary/aromatic N) is 3. The lowest BCUT2D eigenvalue weighted by molar-refractivity contribution is 0.183.